The average molecular weight is 326 g/mol. The Labute approximate surface area is 137 Å². The molecule has 0 radical (unpaired) electrons. The molecule has 1 aromatic heterocycles. The van der Waals surface area contributed by atoms with E-state index in [0.29, 0.717) is 16.8 Å². The number of benzene rings is 2. The monoisotopic (exact) mass is 326 g/mol. The summed E-state index contributed by atoms with van der Waals surface area (Å²) in [5.74, 6) is 0.814. The van der Waals surface area contributed by atoms with E-state index in [2.05, 4.69) is 15.3 Å². The van der Waals surface area contributed by atoms with Gasteiger partial charge in [0.15, 0.2) is 0 Å². The number of hydrogen-bond donors (Lipinski definition) is 3. The number of aromatic nitrogens is 2. The molecule has 0 aliphatic carbocycles. The Morgan fingerprint density at radius 3 is 2.70 bits per heavy atom. The number of nitrogen functional groups attached to an aromatic ring is 2. The van der Waals surface area contributed by atoms with Gasteiger partial charge < -0.3 is 16.8 Å². The van der Waals surface area contributed by atoms with Crippen LogP contribution in [0.1, 0.15) is 0 Å². The zero-order valence-corrected chi connectivity index (χ0v) is 13.1. The van der Waals surface area contributed by atoms with Gasteiger partial charge in [-0.25, -0.2) is 4.98 Å². The topological polar surface area (TPSA) is 108 Å². The number of anilines is 3. The fraction of sp³-hybridized carbons (Fsp3) is 0.0625. The Morgan fingerprint density at radius 1 is 1.13 bits per heavy atom. The Kier molecular flexibility index (Phi) is 4.29. The van der Waals surface area contributed by atoms with Crippen LogP contribution in [0.5, 0.6) is 0 Å². The molecule has 0 atom stereocenters. The zero-order chi connectivity index (χ0) is 16.2. The van der Waals surface area contributed by atoms with Crippen LogP contribution < -0.4 is 21.8 Å². The van der Waals surface area contributed by atoms with Crippen molar-refractivity contribution < 1.29 is 9.78 Å². The number of H-pyrrole nitrogens is 1. The molecule has 116 valence electrons. The number of thioether (sulfide) groups is 1. The largest absolute Gasteiger partial charge is 0.370 e. The maximum atomic E-state index is 12.1. The normalized spacial score (nSPS) is 10.6. The number of carbonyl (C=O) groups is 1. The molecular formula is C16H16N5OS+. The summed E-state index contributed by atoms with van der Waals surface area (Å²) in [4.78, 5) is 19.0. The van der Waals surface area contributed by atoms with Gasteiger partial charge in [-0.3, -0.25) is 4.79 Å². The number of nitrogens with one attached hydrogen (secondary N) is 2. The van der Waals surface area contributed by atoms with Gasteiger partial charge in [0.2, 0.25) is 17.5 Å². The fourth-order valence-corrected chi connectivity index (χ4v) is 2.86. The number of amides is 1. The van der Waals surface area contributed by atoms with Crippen molar-refractivity contribution in [3.63, 3.8) is 0 Å². The highest BCUT2D eigenvalue weighted by molar-refractivity contribution is 7.99. The third-order valence-electron chi connectivity index (χ3n) is 3.16. The van der Waals surface area contributed by atoms with Crippen LogP contribution in [-0.2, 0) is 4.79 Å². The van der Waals surface area contributed by atoms with Crippen molar-refractivity contribution in [2.45, 2.75) is 5.16 Å². The van der Waals surface area contributed by atoms with Gasteiger partial charge >= 0.3 is 0 Å². The van der Waals surface area contributed by atoms with Gasteiger partial charge in [-0.2, -0.15) is 0 Å². The van der Waals surface area contributed by atoms with Crippen LogP contribution in [-0.4, -0.2) is 16.6 Å². The summed E-state index contributed by atoms with van der Waals surface area (Å²) in [6, 6.07) is 15.3. The molecule has 3 rings (SSSR count). The second kappa shape index (κ2) is 6.53. The minimum atomic E-state index is -0.124. The lowest BCUT2D eigenvalue weighted by atomic mass is 10.1. The van der Waals surface area contributed by atoms with E-state index in [0.717, 1.165) is 16.5 Å². The highest BCUT2D eigenvalue weighted by Crippen LogP contribution is 2.19. The van der Waals surface area contributed by atoms with Crippen molar-refractivity contribution in [1.82, 2.24) is 4.98 Å². The molecule has 0 bridgehead atoms. The zero-order valence-electron chi connectivity index (χ0n) is 12.2. The van der Waals surface area contributed by atoms with E-state index in [-0.39, 0.29) is 11.7 Å². The van der Waals surface area contributed by atoms with E-state index in [1.807, 2.05) is 42.5 Å². The van der Waals surface area contributed by atoms with E-state index >= 15 is 0 Å². The van der Waals surface area contributed by atoms with Gasteiger partial charge in [0.1, 0.15) is 0 Å². The molecule has 7 heteroatoms. The van der Waals surface area contributed by atoms with Crippen LogP contribution in [0.4, 0.5) is 17.3 Å². The van der Waals surface area contributed by atoms with Gasteiger partial charge in [0.05, 0.1) is 11.8 Å². The van der Waals surface area contributed by atoms with Gasteiger partial charge in [0.25, 0.3) is 5.16 Å². The first kappa shape index (κ1) is 15.1. The summed E-state index contributed by atoms with van der Waals surface area (Å²) in [7, 11) is 0. The molecule has 6 nitrogen and oxygen atoms in total. The minimum Gasteiger partial charge on any atom is -0.370 e. The molecule has 23 heavy (non-hydrogen) atoms. The summed E-state index contributed by atoms with van der Waals surface area (Å²) in [6.07, 6.45) is 0. The SMILES string of the molecule is Nc1cc(N)[nH+]c(SCC(=O)Nc2ccc3ccccc3c2)n1. The lowest BCUT2D eigenvalue weighted by Gasteiger charge is -2.06. The highest BCUT2D eigenvalue weighted by Gasteiger charge is 2.11. The van der Waals surface area contributed by atoms with Crippen molar-refractivity contribution >= 4 is 45.8 Å². The molecule has 1 heterocycles. The molecule has 3 aromatic rings. The Morgan fingerprint density at radius 2 is 1.91 bits per heavy atom. The first-order valence-corrected chi connectivity index (χ1v) is 7.95. The number of carbonyl (C=O) groups excluding carboxylic acids is 1. The van der Waals surface area contributed by atoms with Gasteiger partial charge in [-0.05, 0) is 34.7 Å². The number of nitrogens with two attached hydrogens (primary N) is 2. The van der Waals surface area contributed by atoms with E-state index in [1.165, 1.54) is 17.8 Å². The predicted molar refractivity (Wildman–Crippen MR) is 92.9 cm³/mol. The standard InChI is InChI=1S/C16H15N5OS/c17-13-8-14(18)21-16(20-13)23-9-15(22)19-12-6-5-10-3-1-2-4-11(10)7-12/h1-8H,9H2,(H,19,22)(H4,17,18,20,21)/p+1. The molecule has 0 saturated carbocycles. The van der Waals surface area contributed by atoms with Crippen LogP contribution in [0.3, 0.4) is 0 Å². The van der Waals surface area contributed by atoms with Crippen molar-refractivity contribution in [3.8, 4) is 0 Å². The first-order chi connectivity index (χ1) is 11.1. The number of fused-ring (bicyclic) bond motifs is 1. The second-order valence-electron chi connectivity index (χ2n) is 4.97. The molecule has 1 amide bonds. The van der Waals surface area contributed by atoms with E-state index < -0.39 is 0 Å². The number of aromatic amines is 1. The molecule has 0 fully saturated rings. The lowest BCUT2D eigenvalue weighted by molar-refractivity contribution is -0.416. The highest BCUT2D eigenvalue weighted by atomic mass is 32.2. The summed E-state index contributed by atoms with van der Waals surface area (Å²) < 4.78 is 0. The quantitative estimate of drug-likeness (QED) is 0.501. The second-order valence-corrected chi connectivity index (χ2v) is 5.93. The number of hydrogen-bond acceptors (Lipinski definition) is 5. The smallest absolute Gasteiger partial charge is 0.299 e. The average Bonchev–Trinajstić information content (AvgIpc) is 2.52. The van der Waals surface area contributed by atoms with Crippen LogP contribution in [0.15, 0.2) is 53.7 Å². The minimum absolute atomic E-state index is 0.124. The first-order valence-electron chi connectivity index (χ1n) is 6.97. The third-order valence-corrected chi connectivity index (χ3v) is 4.03. The summed E-state index contributed by atoms with van der Waals surface area (Å²) in [6.45, 7) is 0. The Balaban J connectivity index is 1.64. The Hall–Kier alpha value is -2.80. The van der Waals surface area contributed by atoms with Crippen molar-refractivity contribution in [1.29, 1.82) is 0 Å². The van der Waals surface area contributed by atoms with E-state index in [9.17, 15) is 4.79 Å². The van der Waals surface area contributed by atoms with Crippen LogP contribution in [0, 0.1) is 0 Å². The molecule has 2 aromatic carbocycles. The fourth-order valence-electron chi connectivity index (χ4n) is 2.16. The molecule has 0 aliphatic rings. The summed E-state index contributed by atoms with van der Waals surface area (Å²) in [5.41, 5.74) is 12.0. The Bertz CT molecular complexity index is 848. The van der Waals surface area contributed by atoms with Crippen LogP contribution in [0.25, 0.3) is 10.8 Å². The number of nitrogens with zero attached hydrogens (tertiary/aromatic N) is 1. The van der Waals surface area contributed by atoms with E-state index in [1.54, 1.807) is 0 Å². The van der Waals surface area contributed by atoms with Crippen molar-refractivity contribution in [3.05, 3.63) is 48.5 Å². The summed E-state index contributed by atoms with van der Waals surface area (Å²) in [5, 5.41) is 5.59. The van der Waals surface area contributed by atoms with Gasteiger partial charge in [-0.15, -0.1) is 0 Å². The van der Waals surface area contributed by atoms with Gasteiger partial charge in [-0.1, -0.05) is 35.3 Å². The molecule has 0 aliphatic heterocycles. The van der Waals surface area contributed by atoms with Crippen molar-refractivity contribution in [2.24, 2.45) is 0 Å². The maximum absolute atomic E-state index is 12.1. The summed E-state index contributed by atoms with van der Waals surface area (Å²) >= 11 is 1.24. The van der Waals surface area contributed by atoms with Crippen LogP contribution >= 0.6 is 11.8 Å². The third kappa shape index (κ3) is 3.89. The molecular weight excluding hydrogens is 310 g/mol. The molecule has 0 spiro atoms. The molecule has 0 unspecified atom stereocenters. The predicted octanol–water partition coefficient (Wildman–Crippen LogP) is 1.94. The molecule has 0 saturated heterocycles. The van der Waals surface area contributed by atoms with Crippen molar-refractivity contribution in [2.75, 3.05) is 22.5 Å². The van der Waals surface area contributed by atoms with Crippen LogP contribution in [0.2, 0.25) is 0 Å². The number of rotatable bonds is 4. The van der Waals surface area contributed by atoms with E-state index in [4.69, 9.17) is 11.5 Å². The lowest BCUT2D eigenvalue weighted by Crippen LogP contribution is -2.19. The van der Waals surface area contributed by atoms with Gasteiger partial charge in [0, 0.05) is 5.69 Å². The molecule has 6 N–H and O–H groups in total. The maximum Gasteiger partial charge on any atom is 0.299 e.